The SMILES string of the molecule is Nc1n[nH]c(CC2CCC2)c1-c1ccccc1Cl. The Bertz CT molecular complexity index is 558. The molecule has 3 nitrogen and oxygen atoms in total. The van der Waals surface area contributed by atoms with Gasteiger partial charge in [-0.1, -0.05) is 49.1 Å². The number of nitrogens with one attached hydrogen (secondary N) is 1. The fourth-order valence-corrected chi connectivity index (χ4v) is 2.72. The minimum absolute atomic E-state index is 0.539. The number of halogens is 1. The molecule has 0 unspecified atom stereocenters. The second-order valence-corrected chi connectivity index (χ2v) is 5.35. The normalized spacial score (nSPS) is 15.6. The molecular weight excluding hydrogens is 246 g/mol. The predicted octanol–water partition coefficient (Wildman–Crippen LogP) is 3.65. The molecule has 0 aliphatic heterocycles. The van der Waals surface area contributed by atoms with Crippen LogP contribution in [0.25, 0.3) is 11.1 Å². The molecule has 94 valence electrons. The number of hydrogen-bond donors (Lipinski definition) is 2. The number of hydrogen-bond acceptors (Lipinski definition) is 2. The third-order valence-electron chi connectivity index (χ3n) is 3.73. The molecule has 0 amide bonds. The zero-order chi connectivity index (χ0) is 12.5. The highest BCUT2D eigenvalue weighted by Crippen LogP contribution is 2.37. The van der Waals surface area contributed by atoms with Crippen molar-refractivity contribution in [2.75, 3.05) is 5.73 Å². The number of aromatic nitrogens is 2. The van der Waals surface area contributed by atoms with Gasteiger partial charge < -0.3 is 5.73 Å². The first-order valence-corrected chi connectivity index (χ1v) is 6.71. The van der Waals surface area contributed by atoms with Crippen molar-refractivity contribution in [2.24, 2.45) is 5.92 Å². The molecule has 18 heavy (non-hydrogen) atoms. The van der Waals surface area contributed by atoms with Crippen molar-refractivity contribution in [1.29, 1.82) is 0 Å². The third-order valence-corrected chi connectivity index (χ3v) is 4.06. The Morgan fingerprint density at radius 1 is 1.33 bits per heavy atom. The van der Waals surface area contributed by atoms with Gasteiger partial charge in [-0.05, 0) is 18.4 Å². The number of anilines is 1. The van der Waals surface area contributed by atoms with Gasteiger partial charge in [-0.2, -0.15) is 5.10 Å². The van der Waals surface area contributed by atoms with Gasteiger partial charge in [-0.15, -0.1) is 0 Å². The van der Waals surface area contributed by atoms with E-state index >= 15 is 0 Å². The number of nitrogen functional groups attached to an aromatic ring is 1. The van der Waals surface area contributed by atoms with E-state index in [2.05, 4.69) is 10.2 Å². The lowest BCUT2D eigenvalue weighted by Gasteiger charge is -2.25. The number of nitrogens with two attached hydrogens (primary N) is 1. The van der Waals surface area contributed by atoms with Crippen molar-refractivity contribution in [1.82, 2.24) is 10.2 Å². The van der Waals surface area contributed by atoms with Gasteiger partial charge in [0.25, 0.3) is 0 Å². The van der Waals surface area contributed by atoms with Crippen LogP contribution in [0.4, 0.5) is 5.82 Å². The van der Waals surface area contributed by atoms with Crippen LogP contribution in [0.5, 0.6) is 0 Å². The minimum Gasteiger partial charge on any atom is -0.382 e. The Morgan fingerprint density at radius 2 is 2.11 bits per heavy atom. The average molecular weight is 262 g/mol. The van der Waals surface area contributed by atoms with E-state index in [4.69, 9.17) is 17.3 Å². The topological polar surface area (TPSA) is 54.7 Å². The summed E-state index contributed by atoms with van der Waals surface area (Å²) in [6.07, 6.45) is 4.97. The summed E-state index contributed by atoms with van der Waals surface area (Å²) in [5.41, 5.74) is 9.04. The van der Waals surface area contributed by atoms with Crippen LogP contribution < -0.4 is 5.73 Å². The molecule has 4 heteroatoms. The largest absolute Gasteiger partial charge is 0.382 e. The van der Waals surface area contributed by atoms with Gasteiger partial charge in [0.15, 0.2) is 5.82 Å². The number of nitrogens with zero attached hydrogens (tertiary/aromatic N) is 1. The molecule has 1 aliphatic carbocycles. The van der Waals surface area contributed by atoms with E-state index in [1.807, 2.05) is 24.3 Å². The third kappa shape index (κ3) is 1.99. The molecule has 1 fully saturated rings. The number of rotatable bonds is 3. The smallest absolute Gasteiger partial charge is 0.153 e. The summed E-state index contributed by atoms with van der Waals surface area (Å²) in [4.78, 5) is 0. The van der Waals surface area contributed by atoms with E-state index in [1.54, 1.807) is 0 Å². The van der Waals surface area contributed by atoms with Gasteiger partial charge in [0.05, 0.1) is 0 Å². The zero-order valence-electron chi connectivity index (χ0n) is 10.1. The summed E-state index contributed by atoms with van der Waals surface area (Å²) in [5.74, 6) is 1.31. The van der Waals surface area contributed by atoms with Crippen molar-refractivity contribution < 1.29 is 0 Å². The fourth-order valence-electron chi connectivity index (χ4n) is 2.49. The second-order valence-electron chi connectivity index (χ2n) is 4.94. The van der Waals surface area contributed by atoms with Crippen molar-refractivity contribution in [3.8, 4) is 11.1 Å². The van der Waals surface area contributed by atoms with Crippen LogP contribution in [0.1, 0.15) is 25.0 Å². The molecule has 1 saturated carbocycles. The molecule has 2 aromatic rings. The van der Waals surface area contributed by atoms with E-state index in [0.717, 1.165) is 34.2 Å². The molecule has 0 spiro atoms. The highest BCUT2D eigenvalue weighted by molar-refractivity contribution is 6.33. The number of benzene rings is 1. The Morgan fingerprint density at radius 3 is 2.78 bits per heavy atom. The standard InChI is InChI=1S/C14H16ClN3/c15-11-7-2-1-6-10(11)13-12(17-18-14(13)16)8-9-4-3-5-9/h1-2,6-7,9H,3-5,8H2,(H3,16,17,18). The van der Waals surface area contributed by atoms with E-state index in [1.165, 1.54) is 19.3 Å². The molecule has 0 saturated heterocycles. The van der Waals surface area contributed by atoms with Gasteiger partial charge in [0.2, 0.25) is 0 Å². The predicted molar refractivity (Wildman–Crippen MR) is 74.5 cm³/mol. The van der Waals surface area contributed by atoms with E-state index in [9.17, 15) is 0 Å². The molecule has 1 heterocycles. The molecule has 0 radical (unpaired) electrons. The summed E-state index contributed by atoms with van der Waals surface area (Å²) >= 11 is 6.25. The lowest BCUT2D eigenvalue weighted by molar-refractivity contribution is 0.312. The Kier molecular flexibility index (Phi) is 3.00. The quantitative estimate of drug-likeness (QED) is 0.886. The molecule has 3 N–H and O–H groups in total. The second kappa shape index (κ2) is 4.65. The number of aromatic amines is 1. The first-order valence-electron chi connectivity index (χ1n) is 6.33. The van der Waals surface area contributed by atoms with Crippen LogP contribution in [0.15, 0.2) is 24.3 Å². The minimum atomic E-state index is 0.539. The van der Waals surface area contributed by atoms with Crippen LogP contribution in [-0.4, -0.2) is 10.2 Å². The fraction of sp³-hybridized carbons (Fsp3) is 0.357. The van der Waals surface area contributed by atoms with Crippen molar-refractivity contribution >= 4 is 17.4 Å². The molecule has 0 bridgehead atoms. The zero-order valence-corrected chi connectivity index (χ0v) is 10.9. The maximum atomic E-state index is 6.25. The number of H-pyrrole nitrogens is 1. The molecule has 3 rings (SSSR count). The molecule has 1 aliphatic rings. The van der Waals surface area contributed by atoms with E-state index in [0.29, 0.717) is 5.82 Å². The maximum Gasteiger partial charge on any atom is 0.153 e. The molecule has 1 aromatic carbocycles. The van der Waals surface area contributed by atoms with Crippen molar-refractivity contribution in [3.05, 3.63) is 35.0 Å². The van der Waals surface area contributed by atoms with Gasteiger partial charge in [-0.3, -0.25) is 5.10 Å². The van der Waals surface area contributed by atoms with Crippen LogP contribution in [0, 0.1) is 5.92 Å². The van der Waals surface area contributed by atoms with Gasteiger partial charge in [0.1, 0.15) is 0 Å². The summed E-state index contributed by atoms with van der Waals surface area (Å²) in [6, 6.07) is 7.78. The van der Waals surface area contributed by atoms with Gasteiger partial charge in [0, 0.05) is 21.8 Å². The van der Waals surface area contributed by atoms with E-state index in [-0.39, 0.29) is 0 Å². The summed E-state index contributed by atoms with van der Waals surface area (Å²) in [7, 11) is 0. The van der Waals surface area contributed by atoms with Crippen molar-refractivity contribution in [3.63, 3.8) is 0 Å². The van der Waals surface area contributed by atoms with Crippen LogP contribution in [-0.2, 0) is 6.42 Å². The van der Waals surface area contributed by atoms with Crippen LogP contribution in [0.3, 0.4) is 0 Å². The Balaban J connectivity index is 1.99. The lowest BCUT2D eigenvalue weighted by Crippen LogP contribution is -2.14. The maximum absolute atomic E-state index is 6.25. The highest BCUT2D eigenvalue weighted by atomic mass is 35.5. The van der Waals surface area contributed by atoms with Crippen LogP contribution in [0.2, 0.25) is 5.02 Å². The molecular formula is C14H16ClN3. The Hall–Kier alpha value is -1.48. The molecule has 1 aromatic heterocycles. The molecule has 0 atom stereocenters. The van der Waals surface area contributed by atoms with Crippen molar-refractivity contribution in [2.45, 2.75) is 25.7 Å². The first kappa shape index (κ1) is 11.6. The lowest BCUT2D eigenvalue weighted by atomic mass is 9.81. The summed E-state index contributed by atoms with van der Waals surface area (Å²) < 4.78 is 0. The Labute approximate surface area is 111 Å². The van der Waals surface area contributed by atoms with Gasteiger partial charge in [-0.25, -0.2) is 0 Å². The highest BCUT2D eigenvalue weighted by Gasteiger charge is 2.22. The average Bonchev–Trinajstić information content (AvgIpc) is 2.66. The summed E-state index contributed by atoms with van der Waals surface area (Å²) in [5, 5.41) is 7.93. The monoisotopic (exact) mass is 261 g/mol. The van der Waals surface area contributed by atoms with E-state index < -0.39 is 0 Å². The first-order chi connectivity index (χ1) is 8.75. The van der Waals surface area contributed by atoms with Crippen LogP contribution >= 0.6 is 11.6 Å². The van der Waals surface area contributed by atoms with Gasteiger partial charge >= 0.3 is 0 Å². The summed E-state index contributed by atoms with van der Waals surface area (Å²) in [6.45, 7) is 0.